The fourth-order valence-electron chi connectivity index (χ4n) is 3.13. The summed E-state index contributed by atoms with van der Waals surface area (Å²) in [6.45, 7) is 8.64. The van der Waals surface area contributed by atoms with E-state index >= 15 is 0 Å². The Bertz CT molecular complexity index is 682. The lowest BCUT2D eigenvalue weighted by molar-refractivity contribution is 0.494. The maximum atomic E-state index is 6.04. The molecule has 3 heterocycles. The normalized spacial score (nSPS) is 19.3. The van der Waals surface area contributed by atoms with Crippen molar-refractivity contribution in [3.8, 4) is 0 Å². The number of nitrogens with two attached hydrogens (primary N) is 1. The molecule has 1 aliphatic rings. The lowest BCUT2D eigenvalue weighted by Crippen LogP contribution is -2.43. The molecular formula is C16H26N8. The minimum Gasteiger partial charge on any atom is -0.352 e. The molecule has 2 aromatic rings. The smallest absolute Gasteiger partial charge is 0.230 e. The summed E-state index contributed by atoms with van der Waals surface area (Å²) in [7, 11) is 0. The zero-order valence-corrected chi connectivity index (χ0v) is 14.6. The molecule has 0 spiro atoms. The minimum absolute atomic E-state index is 0.193. The Morgan fingerprint density at radius 2 is 2.21 bits per heavy atom. The van der Waals surface area contributed by atoms with Crippen molar-refractivity contribution < 1.29 is 0 Å². The Labute approximate surface area is 142 Å². The van der Waals surface area contributed by atoms with Crippen LogP contribution in [0.3, 0.4) is 0 Å². The molecule has 1 fully saturated rings. The Morgan fingerprint density at radius 1 is 1.38 bits per heavy atom. The monoisotopic (exact) mass is 330 g/mol. The zero-order chi connectivity index (χ0) is 17.1. The second kappa shape index (κ2) is 7.12. The van der Waals surface area contributed by atoms with E-state index in [2.05, 4.69) is 50.2 Å². The summed E-state index contributed by atoms with van der Waals surface area (Å²) in [5.41, 5.74) is 8.23. The molecule has 130 valence electrons. The number of piperidine rings is 1. The van der Waals surface area contributed by atoms with Gasteiger partial charge in [-0.2, -0.15) is 10.1 Å². The highest BCUT2D eigenvalue weighted by molar-refractivity contribution is 5.36. The molecule has 2 unspecified atom stereocenters. The Kier molecular flexibility index (Phi) is 4.94. The van der Waals surface area contributed by atoms with Crippen molar-refractivity contribution in [2.45, 2.75) is 45.7 Å². The van der Waals surface area contributed by atoms with Crippen LogP contribution >= 0.6 is 0 Å². The van der Waals surface area contributed by atoms with Crippen LogP contribution in [0, 0.1) is 13.8 Å². The van der Waals surface area contributed by atoms with Crippen LogP contribution in [-0.4, -0.2) is 50.4 Å². The summed E-state index contributed by atoms with van der Waals surface area (Å²) < 4.78 is 2.02. The molecule has 0 aliphatic carbocycles. The van der Waals surface area contributed by atoms with Gasteiger partial charge in [-0.3, -0.25) is 4.68 Å². The van der Waals surface area contributed by atoms with Crippen molar-refractivity contribution in [2.75, 3.05) is 29.9 Å². The number of rotatable bonds is 5. The summed E-state index contributed by atoms with van der Waals surface area (Å²) in [5, 5.41) is 7.81. The van der Waals surface area contributed by atoms with E-state index < -0.39 is 0 Å². The van der Waals surface area contributed by atoms with Crippen molar-refractivity contribution in [1.29, 1.82) is 0 Å². The Morgan fingerprint density at radius 3 is 2.92 bits per heavy atom. The number of hydrogen-bond donors (Lipinski definition) is 2. The van der Waals surface area contributed by atoms with Gasteiger partial charge in [0.15, 0.2) is 0 Å². The summed E-state index contributed by atoms with van der Waals surface area (Å²) >= 11 is 0. The van der Waals surface area contributed by atoms with Crippen molar-refractivity contribution in [3.05, 3.63) is 23.8 Å². The average molecular weight is 330 g/mol. The van der Waals surface area contributed by atoms with Crippen LogP contribution in [0.15, 0.2) is 12.4 Å². The van der Waals surface area contributed by atoms with E-state index in [1.54, 1.807) is 6.33 Å². The van der Waals surface area contributed by atoms with Gasteiger partial charge in [0.05, 0.1) is 11.7 Å². The van der Waals surface area contributed by atoms with E-state index in [1.807, 2.05) is 11.6 Å². The van der Waals surface area contributed by atoms with E-state index in [0.29, 0.717) is 18.4 Å². The van der Waals surface area contributed by atoms with Gasteiger partial charge in [-0.05, 0) is 39.7 Å². The number of anilines is 2. The molecule has 0 saturated carbocycles. The molecule has 0 amide bonds. The molecule has 1 aliphatic heterocycles. The van der Waals surface area contributed by atoms with Crippen LogP contribution in [0.5, 0.6) is 0 Å². The largest absolute Gasteiger partial charge is 0.352 e. The molecule has 0 bridgehead atoms. The maximum Gasteiger partial charge on any atom is 0.230 e. The van der Waals surface area contributed by atoms with E-state index in [9.17, 15) is 0 Å². The number of aryl methyl sites for hydroxylation is 2. The lowest BCUT2D eigenvalue weighted by Gasteiger charge is -2.30. The van der Waals surface area contributed by atoms with E-state index in [4.69, 9.17) is 5.73 Å². The van der Waals surface area contributed by atoms with Crippen molar-refractivity contribution in [1.82, 2.24) is 24.7 Å². The third-order valence-corrected chi connectivity index (χ3v) is 4.32. The Balaban J connectivity index is 1.63. The van der Waals surface area contributed by atoms with E-state index in [-0.39, 0.29) is 12.1 Å². The van der Waals surface area contributed by atoms with Crippen LogP contribution in [-0.2, 0) is 0 Å². The van der Waals surface area contributed by atoms with Gasteiger partial charge in [-0.15, -0.1) is 0 Å². The molecule has 3 N–H and O–H groups in total. The van der Waals surface area contributed by atoms with Gasteiger partial charge in [0.1, 0.15) is 6.33 Å². The van der Waals surface area contributed by atoms with Crippen molar-refractivity contribution in [2.24, 2.45) is 5.73 Å². The van der Waals surface area contributed by atoms with Gasteiger partial charge in [0.2, 0.25) is 11.9 Å². The summed E-state index contributed by atoms with van der Waals surface area (Å²) in [5.74, 6) is 1.29. The number of nitrogens with zero attached hydrogens (tertiary/aromatic N) is 6. The van der Waals surface area contributed by atoms with Gasteiger partial charge in [-0.25, -0.2) is 9.97 Å². The molecule has 3 rings (SSSR count). The molecule has 2 atom stereocenters. The van der Waals surface area contributed by atoms with Crippen LogP contribution in [0.25, 0.3) is 0 Å². The molecule has 1 saturated heterocycles. The number of aromatic nitrogens is 5. The first-order chi connectivity index (χ1) is 11.5. The summed E-state index contributed by atoms with van der Waals surface area (Å²) in [6, 6.07) is 2.48. The molecule has 24 heavy (non-hydrogen) atoms. The fraction of sp³-hybridized carbons (Fsp3) is 0.625. The highest BCUT2D eigenvalue weighted by Gasteiger charge is 2.19. The maximum absolute atomic E-state index is 6.04. The predicted octanol–water partition coefficient (Wildman–Crippen LogP) is 1.29. The number of nitrogens with one attached hydrogen (secondary N) is 1. The SMILES string of the molecule is Cc1cc(C)n(C(C)CNc2ncnc(N3CCCC(N)C3)n2)n1. The van der Waals surface area contributed by atoms with Gasteiger partial charge in [0.25, 0.3) is 0 Å². The average Bonchev–Trinajstić information content (AvgIpc) is 2.91. The predicted molar refractivity (Wildman–Crippen MR) is 94.2 cm³/mol. The molecular weight excluding hydrogens is 304 g/mol. The lowest BCUT2D eigenvalue weighted by atomic mass is 10.1. The van der Waals surface area contributed by atoms with Crippen LogP contribution in [0.2, 0.25) is 0 Å². The topological polar surface area (TPSA) is 97.8 Å². The first kappa shape index (κ1) is 16.6. The molecule has 0 aromatic carbocycles. The molecule has 2 aromatic heterocycles. The first-order valence-electron chi connectivity index (χ1n) is 8.49. The molecule has 0 radical (unpaired) electrons. The second-order valence-corrected chi connectivity index (χ2v) is 6.56. The molecule has 8 nitrogen and oxygen atoms in total. The van der Waals surface area contributed by atoms with Crippen molar-refractivity contribution in [3.63, 3.8) is 0 Å². The minimum atomic E-state index is 0.193. The van der Waals surface area contributed by atoms with Gasteiger partial charge < -0.3 is 16.0 Å². The van der Waals surface area contributed by atoms with Crippen LogP contribution < -0.4 is 16.0 Å². The zero-order valence-electron chi connectivity index (χ0n) is 14.6. The third kappa shape index (κ3) is 3.81. The van der Waals surface area contributed by atoms with Gasteiger partial charge in [-0.1, -0.05) is 0 Å². The van der Waals surface area contributed by atoms with E-state index in [1.165, 1.54) is 0 Å². The second-order valence-electron chi connectivity index (χ2n) is 6.56. The summed E-state index contributed by atoms with van der Waals surface area (Å²) in [4.78, 5) is 15.2. The van der Waals surface area contributed by atoms with Gasteiger partial charge in [0, 0.05) is 31.4 Å². The highest BCUT2D eigenvalue weighted by atomic mass is 15.3. The van der Waals surface area contributed by atoms with Crippen LogP contribution in [0.4, 0.5) is 11.9 Å². The Hall–Kier alpha value is -2.22. The molecule has 8 heteroatoms. The summed E-state index contributed by atoms with van der Waals surface area (Å²) in [6.07, 6.45) is 3.69. The quantitative estimate of drug-likeness (QED) is 0.852. The van der Waals surface area contributed by atoms with Crippen LogP contribution in [0.1, 0.15) is 37.2 Å². The fourth-order valence-corrected chi connectivity index (χ4v) is 3.13. The van der Waals surface area contributed by atoms with Gasteiger partial charge >= 0.3 is 0 Å². The standard InChI is InChI=1S/C16H26N8/c1-11-7-12(2)24(22-11)13(3)8-18-15-19-10-20-16(21-15)23-6-4-5-14(17)9-23/h7,10,13-14H,4-6,8-9,17H2,1-3H3,(H,18,19,20,21). The third-order valence-electron chi connectivity index (χ3n) is 4.32. The number of hydrogen-bond acceptors (Lipinski definition) is 7. The highest BCUT2D eigenvalue weighted by Crippen LogP contribution is 2.16. The van der Waals surface area contributed by atoms with Crippen molar-refractivity contribution >= 4 is 11.9 Å². The van der Waals surface area contributed by atoms with E-state index in [0.717, 1.165) is 37.3 Å². The first-order valence-corrected chi connectivity index (χ1v) is 8.49.